The highest BCUT2D eigenvalue weighted by molar-refractivity contribution is 7.98. The summed E-state index contributed by atoms with van der Waals surface area (Å²) in [5.74, 6) is 0.983. The zero-order valence-electron chi connectivity index (χ0n) is 12.5. The Morgan fingerprint density at radius 3 is 2.33 bits per heavy atom. The molecule has 21 heavy (non-hydrogen) atoms. The molecule has 0 radical (unpaired) electrons. The van der Waals surface area contributed by atoms with Gasteiger partial charge in [-0.1, -0.05) is 12.1 Å². The number of aryl methyl sites for hydroxylation is 1. The van der Waals surface area contributed by atoms with E-state index in [4.69, 9.17) is 0 Å². The predicted molar refractivity (Wildman–Crippen MR) is 89.4 cm³/mol. The van der Waals surface area contributed by atoms with Gasteiger partial charge in [0.2, 0.25) is 0 Å². The summed E-state index contributed by atoms with van der Waals surface area (Å²) in [7, 11) is 0. The first kappa shape index (κ1) is 14.2. The molecule has 0 N–H and O–H groups in total. The summed E-state index contributed by atoms with van der Waals surface area (Å²) in [4.78, 5) is 4.75. The first-order chi connectivity index (χ1) is 10.3. The molecule has 1 aromatic carbocycles. The number of hydrogen-bond acceptors (Lipinski definition) is 5. The molecule has 0 saturated carbocycles. The van der Waals surface area contributed by atoms with Gasteiger partial charge in [0.25, 0.3) is 0 Å². The third-order valence-corrected chi connectivity index (χ3v) is 4.44. The number of thioether (sulfide) groups is 1. The van der Waals surface area contributed by atoms with Crippen LogP contribution in [0.5, 0.6) is 0 Å². The molecule has 0 unspecified atom stereocenters. The Bertz CT molecular complexity index is 591. The van der Waals surface area contributed by atoms with Gasteiger partial charge in [0.1, 0.15) is 5.03 Å². The average molecular weight is 300 g/mol. The van der Waals surface area contributed by atoms with Crippen molar-refractivity contribution in [3.8, 4) is 0 Å². The minimum Gasteiger partial charge on any atom is -0.368 e. The molecule has 0 spiro atoms. The SMILES string of the molecule is CSc1ccc(N2CCN(c3cccc(C)c3)CC2)nn1. The molecule has 2 heterocycles. The maximum Gasteiger partial charge on any atom is 0.151 e. The Morgan fingerprint density at radius 1 is 0.952 bits per heavy atom. The second-order valence-corrected chi connectivity index (χ2v) is 6.07. The number of hydrogen-bond donors (Lipinski definition) is 0. The van der Waals surface area contributed by atoms with E-state index in [-0.39, 0.29) is 0 Å². The van der Waals surface area contributed by atoms with Crippen LogP contribution >= 0.6 is 11.8 Å². The lowest BCUT2D eigenvalue weighted by molar-refractivity contribution is 0.641. The first-order valence-corrected chi connectivity index (χ1v) is 8.43. The van der Waals surface area contributed by atoms with Crippen molar-refractivity contribution in [1.82, 2.24) is 10.2 Å². The van der Waals surface area contributed by atoms with Crippen molar-refractivity contribution in [2.45, 2.75) is 11.9 Å². The molecule has 4 nitrogen and oxygen atoms in total. The van der Waals surface area contributed by atoms with E-state index in [1.807, 2.05) is 12.3 Å². The maximum atomic E-state index is 4.32. The van der Waals surface area contributed by atoms with Crippen molar-refractivity contribution in [1.29, 1.82) is 0 Å². The molecule has 0 amide bonds. The smallest absolute Gasteiger partial charge is 0.151 e. The molecule has 2 aromatic rings. The van der Waals surface area contributed by atoms with E-state index in [2.05, 4.69) is 57.3 Å². The summed E-state index contributed by atoms with van der Waals surface area (Å²) in [5, 5.41) is 9.51. The van der Waals surface area contributed by atoms with Gasteiger partial charge in [0.05, 0.1) is 0 Å². The fourth-order valence-corrected chi connectivity index (χ4v) is 2.94. The Hall–Kier alpha value is -1.75. The van der Waals surface area contributed by atoms with Crippen LogP contribution in [0.1, 0.15) is 5.56 Å². The maximum absolute atomic E-state index is 4.32. The number of anilines is 2. The van der Waals surface area contributed by atoms with Gasteiger partial charge in [-0.05, 0) is 43.0 Å². The van der Waals surface area contributed by atoms with Gasteiger partial charge < -0.3 is 9.80 Å². The minimum absolute atomic E-state index is 0.970. The Balaban J connectivity index is 1.64. The van der Waals surface area contributed by atoms with Gasteiger partial charge in [-0.25, -0.2) is 0 Å². The topological polar surface area (TPSA) is 32.3 Å². The normalized spacial score (nSPS) is 15.3. The van der Waals surface area contributed by atoms with Crippen molar-refractivity contribution in [3.05, 3.63) is 42.0 Å². The van der Waals surface area contributed by atoms with Crippen LogP contribution in [-0.4, -0.2) is 42.6 Å². The monoisotopic (exact) mass is 300 g/mol. The van der Waals surface area contributed by atoms with Gasteiger partial charge in [-0.15, -0.1) is 22.0 Å². The van der Waals surface area contributed by atoms with E-state index in [1.165, 1.54) is 11.3 Å². The van der Waals surface area contributed by atoms with Crippen molar-refractivity contribution in [2.24, 2.45) is 0 Å². The molecule has 5 heteroatoms. The number of nitrogens with zero attached hydrogens (tertiary/aromatic N) is 4. The molecular weight excluding hydrogens is 280 g/mol. The van der Waals surface area contributed by atoms with E-state index >= 15 is 0 Å². The average Bonchev–Trinajstić information content (AvgIpc) is 2.55. The Morgan fingerprint density at radius 2 is 1.71 bits per heavy atom. The van der Waals surface area contributed by atoms with Gasteiger partial charge in [-0.3, -0.25) is 0 Å². The lowest BCUT2D eigenvalue weighted by Crippen LogP contribution is -2.46. The van der Waals surface area contributed by atoms with Crippen LogP contribution in [0.3, 0.4) is 0 Å². The summed E-state index contributed by atoms with van der Waals surface area (Å²) in [6.07, 6.45) is 2.02. The summed E-state index contributed by atoms with van der Waals surface area (Å²) < 4.78 is 0. The number of benzene rings is 1. The second kappa shape index (κ2) is 6.35. The molecule has 1 aromatic heterocycles. The summed E-state index contributed by atoms with van der Waals surface area (Å²) >= 11 is 1.62. The molecule has 1 aliphatic rings. The molecule has 1 fully saturated rings. The molecule has 0 atom stereocenters. The third kappa shape index (κ3) is 3.29. The zero-order chi connectivity index (χ0) is 14.7. The molecule has 1 aliphatic heterocycles. The highest BCUT2D eigenvalue weighted by Gasteiger charge is 2.18. The van der Waals surface area contributed by atoms with E-state index in [0.29, 0.717) is 0 Å². The highest BCUT2D eigenvalue weighted by atomic mass is 32.2. The molecule has 110 valence electrons. The summed E-state index contributed by atoms with van der Waals surface area (Å²) in [5.41, 5.74) is 2.63. The standard InChI is InChI=1S/C16H20N4S/c1-13-4-3-5-14(12-13)19-8-10-20(11-9-19)15-6-7-16(21-2)18-17-15/h3-7,12H,8-11H2,1-2H3. The lowest BCUT2D eigenvalue weighted by atomic mass is 10.2. The number of piperazine rings is 1. The molecule has 0 bridgehead atoms. The van der Waals surface area contributed by atoms with Crippen molar-refractivity contribution in [3.63, 3.8) is 0 Å². The second-order valence-electron chi connectivity index (χ2n) is 5.25. The van der Waals surface area contributed by atoms with Gasteiger partial charge in [0.15, 0.2) is 5.82 Å². The zero-order valence-corrected chi connectivity index (χ0v) is 13.3. The Kier molecular flexibility index (Phi) is 4.29. The van der Waals surface area contributed by atoms with Crippen molar-refractivity contribution in [2.75, 3.05) is 42.2 Å². The third-order valence-electron chi connectivity index (χ3n) is 3.81. The first-order valence-electron chi connectivity index (χ1n) is 7.20. The minimum atomic E-state index is 0.970. The van der Waals surface area contributed by atoms with Crippen LogP contribution in [0.4, 0.5) is 11.5 Å². The summed E-state index contributed by atoms with van der Waals surface area (Å²) in [6.45, 7) is 6.16. The van der Waals surface area contributed by atoms with Gasteiger partial charge in [0, 0.05) is 31.9 Å². The van der Waals surface area contributed by atoms with Crippen molar-refractivity contribution >= 4 is 23.3 Å². The molecular formula is C16H20N4S. The summed E-state index contributed by atoms with van der Waals surface area (Å²) in [6, 6.07) is 12.8. The van der Waals surface area contributed by atoms with Gasteiger partial charge in [-0.2, -0.15) is 0 Å². The number of rotatable bonds is 3. The largest absolute Gasteiger partial charge is 0.368 e. The van der Waals surface area contributed by atoms with Crippen LogP contribution < -0.4 is 9.80 Å². The van der Waals surface area contributed by atoms with E-state index < -0.39 is 0 Å². The molecule has 3 rings (SSSR count). The van der Waals surface area contributed by atoms with E-state index in [1.54, 1.807) is 11.8 Å². The van der Waals surface area contributed by atoms with E-state index in [0.717, 1.165) is 37.0 Å². The van der Waals surface area contributed by atoms with Crippen LogP contribution in [0.25, 0.3) is 0 Å². The van der Waals surface area contributed by atoms with Crippen LogP contribution in [0.15, 0.2) is 41.4 Å². The fourth-order valence-electron chi connectivity index (χ4n) is 2.61. The lowest BCUT2D eigenvalue weighted by Gasteiger charge is -2.36. The van der Waals surface area contributed by atoms with Gasteiger partial charge >= 0.3 is 0 Å². The molecule has 1 saturated heterocycles. The quantitative estimate of drug-likeness (QED) is 0.814. The van der Waals surface area contributed by atoms with Crippen LogP contribution in [-0.2, 0) is 0 Å². The van der Waals surface area contributed by atoms with E-state index in [9.17, 15) is 0 Å². The van der Waals surface area contributed by atoms with Crippen LogP contribution in [0, 0.1) is 6.92 Å². The predicted octanol–water partition coefficient (Wildman–Crippen LogP) is 2.83. The van der Waals surface area contributed by atoms with Crippen LogP contribution in [0.2, 0.25) is 0 Å². The Labute approximate surface area is 130 Å². The van der Waals surface area contributed by atoms with Crippen molar-refractivity contribution < 1.29 is 0 Å². The molecule has 0 aliphatic carbocycles. The number of aromatic nitrogens is 2. The fraction of sp³-hybridized carbons (Fsp3) is 0.375. The highest BCUT2D eigenvalue weighted by Crippen LogP contribution is 2.20.